The van der Waals surface area contributed by atoms with Crippen molar-refractivity contribution in [3.8, 4) is 11.4 Å². The summed E-state index contributed by atoms with van der Waals surface area (Å²) >= 11 is 0. The average Bonchev–Trinajstić information content (AvgIpc) is 3.07. The summed E-state index contributed by atoms with van der Waals surface area (Å²) in [5.41, 5.74) is 2.10. The number of benzene rings is 1. The first-order chi connectivity index (χ1) is 12.9. The second kappa shape index (κ2) is 6.42. The van der Waals surface area contributed by atoms with Gasteiger partial charge in [0.15, 0.2) is 0 Å². The molecule has 0 fully saturated rings. The van der Waals surface area contributed by atoms with E-state index >= 15 is 0 Å². The van der Waals surface area contributed by atoms with Crippen LogP contribution in [0.5, 0.6) is 5.75 Å². The van der Waals surface area contributed by atoms with Crippen molar-refractivity contribution in [3.63, 3.8) is 0 Å². The fourth-order valence-electron chi connectivity index (χ4n) is 2.95. The lowest BCUT2D eigenvalue weighted by molar-refractivity contribution is -0.274. The van der Waals surface area contributed by atoms with E-state index < -0.39 is 6.36 Å². The molecular formula is C18H13F3N4O2. The first-order valence-corrected chi connectivity index (χ1v) is 8.07. The van der Waals surface area contributed by atoms with E-state index in [9.17, 15) is 18.0 Å². The topological polar surface area (TPSA) is 60.2 Å². The molecule has 1 aromatic carbocycles. The van der Waals surface area contributed by atoms with Gasteiger partial charge in [-0.15, -0.1) is 13.2 Å². The highest BCUT2D eigenvalue weighted by Gasteiger charge is 2.32. The number of pyridine rings is 1. The number of hydrogen-bond donors (Lipinski definition) is 0. The number of alkyl halides is 3. The standard InChI is InChI=1S/C18H13F3N4O2/c19-18(20,21)27-14-5-1-3-12(9-14)24-8-6-16-15(17(24)26)11-25(23-16)13-4-2-7-22-10-13/h1-5,7,9-11H,6,8H2. The number of amides is 1. The van der Waals surface area contributed by atoms with Gasteiger partial charge in [-0.05, 0) is 24.3 Å². The maximum absolute atomic E-state index is 12.9. The second-order valence-corrected chi connectivity index (χ2v) is 5.90. The predicted octanol–water partition coefficient (Wildman–Crippen LogP) is 3.37. The Bertz CT molecular complexity index is 986. The molecule has 3 heterocycles. The number of hydrogen-bond acceptors (Lipinski definition) is 4. The summed E-state index contributed by atoms with van der Waals surface area (Å²) in [6.07, 6.45) is 0.562. The predicted molar refractivity (Wildman–Crippen MR) is 89.9 cm³/mol. The van der Waals surface area contributed by atoms with Crippen molar-refractivity contribution < 1.29 is 22.7 Å². The van der Waals surface area contributed by atoms with Crippen LogP contribution in [0.1, 0.15) is 16.1 Å². The van der Waals surface area contributed by atoms with Gasteiger partial charge in [0, 0.05) is 37.1 Å². The molecule has 0 radical (unpaired) electrons. The van der Waals surface area contributed by atoms with Crippen molar-refractivity contribution in [2.24, 2.45) is 0 Å². The Morgan fingerprint density at radius 2 is 1.93 bits per heavy atom. The van der Waals surface area contributed by atoms with Crippen molar-refractivity contribution in [3.05, 3.63) is 66.2 Å². The third-order valence-electron chi connectivity index (χ3n) is 4.11. The lowest BCUT2D eigenvalue weighted by Gasteiger charge is -2.26. The molecule has 1 aliphatic rings. The molecular weight excluding hydrogens is 361 g/mol. The van der Waals surface area contributed by atoms with Crippen LogP contribution in [-0.4, -0.2) is 33.6 Å². The van der Waals surface area contributed by atoms with Crippen molar-refractivity contribution in [1.82, 2.24) is 14.8 Å². The average molecular weight is 374 g/mol. The SMILES string of the molecule is O=C1c2cn(-c3cccnc3)nc2CCN1c1cccc(OC(F)(F)F)c1. The minimum absolute atomic E-state index is 0.311. The Balaban J connectivity index is 1.63. The number of ether oxygens (including phenoxy) is 1. The molecule has 1 amide bonds. The van der Waals surface area contributed by atoms with Crippen LogP contribution in [0.25, 0.3) is 5.69 Å². The fraction of sp³-hybridized carbons (Fsp3) is 0.167. The van der Waals surface area contributed by atoms with Gasteiger partial charge in [-0.3, -0.25) is 9.78 Å². The minimum atomic E-state index is -4.79. The number of carbonyl (C=O) groups is 1. The van der Waals surface area contributed by atoms with E-state index in [2.05, 4.69) is 14.8 Å². The van der Waals surface area contributed by atoms with Gasteiger partial charge in [0.1, 0.15) is 5.75 Å². The Labute approximate surface area is 151 Å². The summed E-state index contributed by atoms with van der Waals surface area (Å²) in [6.45, 7) is 0.311. The number of nitrogens with zero attached hydrogens (tertiary/aromatic N) is 4. The summed E-state index contributed by atoms with van der Waals surface area (Å²) in [6, 6.07) is 8.94. The lowest BCUT2D eigenvalue weighted by Crippen LogP contribution is -2.37. The van der Waals surface area contributed by atoms with Crippen molar-refractivity contribution in [2.45, 2.75) is 12.8 Å². The maximum Gasteiger partial charge on any atom is 0.573 e. The van der Waals surface area contributed by atoms with Crippen LogP contribution in [0, 0.1) is 0 Å². The van der Waals surface area contributed by atoms with Gasteiger partial charge < -0.3 is 9.64 Å². The molecule has 3 aromatic rings. The van der Waals surface area contributed by atoms with E-state index in [1.54, 1.807) is 35.4 Å². The van der Waals surface area contributed by atoms with Gasteiger partial charge in [-0.2, -0.15) is 5.10 Å². The van der Waals surface area contributed by atoms with Crippen LogP contribution < -0.4 is 9.64 Å². The maximum atomic E-state index is 12.9. The van der Waals surface area contributed by atoms with Crippen LogP contribution in [0.4, 0.5) is 18.9 Å². The fourth-order valence-corrected chi connectivity index (χ4v) is 2.95. The zero-order valence-electron chi connectivity index (χ0n) is 13.8. The summed E-state index contributed by atoms with van der Waals surface area (Å²) in [7, 11) is 0. The summed E-state index contributed by atoms with van der Waals surface area (Å²) in [5, 5.41) is 4.42. The first-order valence-electron chi connectivity index (χ1n) is 8.07. The Hall–Kier alpha value is -3.36. The quantitative estimate of drug-likeness (QED) is 0.705. The highest BCUT2D eigenvalue weighted by molar-refractivity contribution is 6.07. The molecule has 138 valence electrons. The summed E-state index contributed by atoms with van der Waals surface area (Å²) in [4.78, 5) is 18.3. The molecule has 0 saturated heterocycles. The molecule has 0 N–H and O–H groups in total. The molecule has 0 unspecified atom stereocenters. The minimum Gasteiger partial charge on any atom is -0.406 e. The van der Waals surface area contributed by atoms with Crippen LogP contribution in [0.3, 0.4) is 0 Å². The molecule has 27 heavy (non-hydrogen) atoms. The molecule has 2 aromatic heterocycles. The molecule has 0 aliphatic carbocycles. The number of rotatable bonds is 3. The number of aromatic nitrogens is 3. The molecule has 0 atom stereocenters. The molecule has 0 bridgehead atoms. The third kappa shape index (κ3) is 3.48. The monoisotopic (exact) mass is 374 g/mol. The second-order valence-electron chi connectivity index (χ2n) is 5.90. The van der Waals surface area contributed by atoms with E-state index in [0.717, 1.165) is 0 Å². The largest absolute Gasteiger partial charge is 0.573 e. The number of fused-ring (bicyclic) bond motifs is 1. The van der Waals surface area contributed by atoms with Gasteiger partial charge in [0.2, 0.25) is 0 Å². The van der Waals surface area contributed by atoms with Crippen LogP contribution in [-0.2, 0) is 6.42 Å². The molecule has 0 spiro atoms. The van der Waals surface area contributed by atoms with Crippen LogP contribution >= 0.6 is 0 Å². The van der Waals surface area contributed by atoms with E-state index in [4.69, 9.17) is 0 Å². The van der Waals surface area contributed by atoms with Gasteiger partial charge in [0.05, 0.1) is 23.1 Å². The van der Waals surface area contributed by atoms with Crippen molar-refractivity contribution >= 4 is 11.6 Å². The Morgan fingerprint density at radius 3 is 2.67 bits per heavy atom. The van der Waals surface area contributed by atoms with E-state index in [0.29, 0.717) is 35.6 Å². The Morgan fingerprint density at radius 1 is 1.11 bits per heavy atom. The van der Waals surface area contributed by atoms with Crippen molar-refractivity contribution in [2.75, 3.05) is 11.4 Å². The lowest BCUT2D eigenvalue weighted by atomic mass is 10.1. The first kappa shape index (κ1) is 17.1. The normalized spacial score (nSPS) is 14.2. The van der Waals surface area contributed by atoms with Gasteiger partial charge in [-0.1, -0.05) is 6.07 Å². The van der Waals surface area contributed by atoms with Gasteiger partial charge in [-0.25, -0.2) is 4.68 Å². The number of anilines is 1. The molecule has 4 rings (SSSR count). The third-order valence-corrected chi connectivity index (χ3v) is 4.11. The number of carbonyl (C=O) groups excluding carboxylic acids is 1. The molecule has 0 saturated carbocycles. The zero-order valence-corrected chi connectivity index (χ0v) is 13.8. The van der Waals surface area contributed by atoms with Crippen LogP contribution in [0.2, 0.25) is 0 Å². The molecule has 6 nitrogen and oxygen atoms in total. The summed E-state index contributed by atoms with van der Waals surface area (Å²) in [5.74, 6) is -0.694. The smallest absolute Gasteiger partial charge is 0.406 e. The van der Waals surface area contributed by atoms with Gasteiger partial charge >= 0.3 is 6.36 Å². The number of halogens is 3. The molecule has 1 aliphatic heterocycles. The van der Waals surface area contributed by atoms with E-state index in [1.165, 1.54) is 23.1 Å². The summed E-state index contributed by atoms with van der Waals surface area (Å²) < 4.78 is 42.8. The van der Waals surface area contributed by atoms with E-state index in [-0.39, 0.29) is 11.7 Å². The molecule has 9 heteroatoms. The van der Waals surface area contributed by atoms with E-state index in [1.807, 2.05) is 6.07 Å². The van der Waals surface area contributed by atoms with Gasteiger partial charge in [0.25, 0.3) is 5.91 Å². The van der Waals surface area contributed by atoms with Crippen LogP contribution in [0.15, 0.2) is 55.0 Å². The highest BCUT2D eigenvalue weighted by atomic mass is 19.4. The Kier molecular flexibility index (Phi) is 4.06. The zero-order chi connectivity index (χ0) is 19.0. The highest BCUT2D eigenvalue weighted by Crippen LogP contribution is 2.30. The van der Waals surface area contributed by atoms with Crippen molar-refractivity contribution in [1.29, 1.82) is 0 Å².